The smallest absolute Gasteiger partial charge is 0.136 e. The molecule has 0 spiro atoms. The Kier molecular flexibility index (Phi) is 7.88. The van der Waals surface area contributed by atoms with E-state index in [1.165, 1.54) is 63.0 Å². The van der Waals surface area contributed by atoms with Crippen LogP contribution in [-0.4, -0.2) is 11.6 Å². The third kappa shape index (κ3) is 5.56. The van der Waals surface area contributed by atoms with Crippen molar-refractivity contribution < 1.29 is 9.13 Å². The predicted octanol–water partition coefficient (Wildman–Crippen LogP) is 7.53. The Morgan fingerprint density at radius 3 is 2.46 bits per heavy atom. The van der Waals surface area contributed by atoms with Gasteiger partial charge < -0.3 is 4.74 Å². The van der Waals surface area contributed by atoms with Gasteiger partial charge in [-0.05, 0) is 67.7 Å². The van der Waals surface area contributed by atoms with Gasteiger partial charge in [0.2, 0.25) is 0 Å². The minimum absolute atomic E-state index is 0.276. The topological polar surface area (TPSA) is 22.1 Å². The van der Waals surface area contributed by atoms with E-state index >= 15 is 0 Å². The van der Waals surface area contributed by atoms with Gasteiger partial charge >= 0.3 is 0 Å². The van der Waals surface area contributed by atoms with Crippen molar-refractivity contribution in [2.75, 3.05) is 6.61 Å². The molecule has 0 N–H and O–H groups in total. The number of hydrogen-bond acceptors (Lipinski definition) is 2. The van der Waals surface area contributed by atoms with Gasteiger partial charge in [0.15, 0.2) is 0 Å². The van der Waals surface area contributed by atoms with Crippen molar-refractivity contribution >= 4 is 0 Å². The van der Waals surface area contributed by atoms with Crippen molar-refractivity contribution in [2.24, 2.45) is 5.92 Å². The van der Waals surface area contributed by atoms with Crippen molar-refractivity contribution in [2.45, 2.75) is 77.6 Å². The number of benzene rings is 1. The largest absolute Gasteiger partial charge is 0.494 e. The zero-order valence-electron chi connectivity index (χ0n) is 17.4. The molecule has 0 atom stereocenters. The van der Waals surface area contributed by atoms with Crippen LogP contribution in [0.25, 0.3) is 11.3 Å². The van der Waals surface area contributed by atoms with Crippen molar-refractivity contribution in [1.29, 1.82) is 0 Å². The van der Waals surface area contributed by atoms with E-state index in [-0.39, 0.29) is 5.82 Å². The minimum atomic E-state index is -0.276. The summed E-state index contributed by atoms with van der Waals surface area (Å²) in [6, 6.07) is 9.16. The van der Waals surface area contributed by atoms with Gasteiger partial charge in [-0.1, -0.05) is 45.6 Å². The number of hydrogen-bond donors (Lipinski definition) is 0. The lowest BCUT2D eigenvalue weighted by atomic mass is 9.77. The van der Waals surface area contributed by atoms with Gasteiger partial charge in [0, 0.05) is 17.8 Å². The fourth-order valence-corrected chi connectivity index (χ4v) is 4.29. The third-order valence-electron chi connectivity index (χ3n) is 6.01. The molecule has 1 fully saturated rings. The first-order chi connectivity index (χ1) is 13.7. The van der Waals surface area contributed by atoms with Crippen LogP contribution in [0.15, 0.2) is 36.5 Å². The highest BCUT2D eigenvalue weighted by atomic mass is 19.1. The first kappa shape index (κ1) is 20.8. The summed E-state index contributed by atoms with van der Waals surface area (Å²) in [4.78, 5) is 4.58. The number of rotatable bonds is 9. The highest BCUT2D eigenvalue weighted by Gasteiger charge is 2.22. The predicted molar refractivity (Wildman–Crippen MR) is 114 cm³/mol. The molecule has 2 nitrogen and oxygen atoms in total. The molecule has 28 heavy (non-hydrogen) atoms. The fraction of sp³-hybridized carbons (Fsp3) is 0.560. The van der Waals surface area contributed by atoms with E-state index in [0.717, 1.165) is 12.3 Å². The summed E-state index contributed by atoms with van der Waals surface area (Å²) in [7, 11) is 0. The molecular weight excluding hydrogens is 349 g/mol. The van der Waals surface area contributed by atoms with Crippen LogP contribution in [0.1, 0.15) is 83.1 Å². The summed E-state index contributed by atoms with van der Waals surface area (Å²) in [6.07, 6.45) is 13.5. The van der Waals surface area contributed by atoms with Gasteiger partial charge in [0.05, 0.1) is 12.3 Å². The highest BCUT2D eigenvalue weighted by Crippen LogP contribution is 2.38. The normalized spacial score (nSPS) is 19.5. The summed E-state index contributed by atoms with van der Waals surface area (Å²) >= 11 is 0. The molecule has 2 aromatic rings. The van der Waals surface area contributed by atoms with Crippen LogP contribution in [-0.2, 0) is 0 Å². The molecule has 0 aliphatic heterocycles. The summed E-state index contributed by atoms with van der Waals surface area (Å²) in [6.45, 7) is 4.91. The van der Waals surface area contributed by atoms with Crippen LogP contribution in [0.3, 0.4) is 0 Å². The van der Waals surface area contributed by atoms with Crippen LogP contribution in [0.4, 0.5) is 4.39 Å². The second kappa shape index (κ2) is 10.6. The zero-order valence-corrected chi connectivity index (χ0v) is 17.4. The Hall–Kier alpha value is -1.90. The van der Waals surface area contributed by atoms with Gasteiger partial charge in [-0.25, -0.2) is 4.39 Å². The van der Waals surface area contributed by atoms with Crippen molar-refractivity contribution in [3.05, 3.63) is 47.9 Å². The molecule has 1 saturated carbocycles. The maximum absolute atomic E-state index is 14.5. The van der Waals surface area contributed by atoms with E-state index in [4.69, 9.17) is 4.74 Å². The van der Waals surface area contributed by atoms with E-state index in [0.29, 0.717) is 29.5 Å². The Morgan fingerprint density at radius 1 is 1.00 bits per heavy atom. The molecular formula is C25H34FNO. The van der Waals surface area contributed by atoms with E-state index in [1.54, 1.807) is 6.07 Å². The lowest BCUT2D eigenvalue weighted by molar-refractivity contribution is 0.302. The molecule has 3 rings (SSSR count). The summed E-state index contributed by atoms with van der Waals surface area (Å²) in [5, 5.41) is 0. The van der Waals surface area contributed by atoms with Crippen LogP contribution < -0.4 is 4.74 Å². The first-order valence-electron chi connectivity index (χ1n) is 11.1. The minimum Gasteiger partial charge on any atom is -0.494 e. The molecule has 1 heterocycles. The molecule has 0 radical (unpaired) electrons. The summed E-state index contributed by atoms with van der Waals surface area (Å²) in [5.74, 6) is 1.83. The molecule has 1 aromatic carbocycles. The number of aromatic nitrogens is 1. The highest BCUT2D eigenvalue weighted by molar-refractivity contribution is 5.61. The van der Waals surface area contributed by atoms with E-state index in [1.807, 2.05) is 25.3 Å². The third-order valence-corrected chi connectivity index (χ3v) is 6.01. The quantitative estimate of drug-likeness (QED) is 0.417. The van der Waals surface area contributed by atoms with Crippen molar-refractivity contribution in [3.63, 3.8) is 0 Å². The molecule has 3 heteroatoms. The van der Waals surface area contributed by atoms with Gasteiger partial charge in [-0.15, -0.1) is 0 Å². The number of unbranched alkanes of at least 4 members (excludes halogenated alkanes) is 2. The first-order valence-corrected chi connectivity index (χ1v) is 11.1. The van der Waals surface area contributed by atoms with Gasteiger partial charge in [-0.3, -0.25) is 4.98 Å². The number of ether oxygens (including phenoxy) is 1. The Bertz CT molecular complexity index is 720. The number of halogens is 1. The Balaban J connectivity index is 1.58. The molecule has 0 unspecified atom stereocenters. The lowest BCUT2D eigenvalue weighted by Gasteiger charge is -2.28. The van der Waals surface area contributed by atoms with Crippen molar-refractivity contribution in [3.8, 4) is 17.0 Å². The van der Waals surface area contributed by atoms with Gasteiger partial charge in [0.25, 0.3) is 0 Å². The zero-order chi connectivity index (χ0) is 19.8. The van der Waals surface area contributed by atoms with Crippen LogP contribution in [0, 0.1) is 11.7 Å². The Labute approximate surface area is 169 Å². The molecule has 1 aliphatic rings. The SMILES string of the molecule is CCCCCC1CCC(c2ccc(-c3ccc(OCCC)cc3F)nc2)CC1. The number of pyridine rings is 1. The molecule has 0 bridgehead atoms. The summed E-state index contributed by atoms with van der Waals surface area (Å²) in [5.41, 5.74) is 2.53. The van der Waals surface area contributed by atoms with Gasteiger partial charge in [0.1, 0.15) is 11.6 Å². The average Bonchev–Trinajstić information content (AvgIpc) is 2.73. The van der Waals surface area contributed by atoms with E-state index in [2.05, 4.69) is 18.0 Å². The lowest BCUT2D eigenvalue weighted by Crippen LogP contribution is -2.13. The average molecular weight is 384 g/mol. The maximum Gasteiger partial charge on any atom is 0.136 e. The Morgan fingerprint density at radius 2 is 1.82 bits per heavy atom. The molecule has 1 aromatic heterocycles. The second-order valence-corrected chi connectivity index (χ2v) is 8.18. The van der Waals surface area contributed by atoms with E-state index < -0.39 is 0 Å². The monoisotopic (exact) mass is 383 g/mol. The molecule has 0 amide bonds. The van der Waals surface area contributed by atoms with Crippen LogP contribution in [0.2, 0.25) is 0 Å². The maximum atomic E-state index is 14.5. The van der Waals surface area contributed by atoms with Crippen LogP contribution >= 0.6 is 0 Å². The van der Waals surface area contributed by atoms with Gasteiger partial charge in [-0.2, -0.15) is 0 Å². The molecule has 1 aliphatic carbocycles. The molecule has 0 saturated heterocycles. The van der Waals surface area contributed by atoms with Crippen LogP contribution in [0.5, 0.6) is 5.75 Å². The van der Waals surface area contributed by atoms with E-state index in [9.17, 15) is 4.39 Å². The fourth-order valence-electron chi connectivity index (χ4n) is 4.29. The number of nitrogens with zero attached hydrogens (tertiary/aromatic N) is 1. The standard InChI is InChI=1S/C25H34FNO/c1-3-5-6-7-19-8-10-20(11-9-19)21-12-15-25(27-18-21)23-14-13-22(17-24(23)26)28-16-4-2/h12-15,17-20H,3-11,16H2,1-2H3. The molecule has 152 valence electrons. The second-order valence-electron chi connectivity index (χ2n) is 8.18. The summed E-state index contributed by atoms with van der Waals surface area (Å²) < 4.78 is 20.0. The van der Waals surface area contributed by atoms with Crippen molar-refractivity contribution in [1.82, 2.24) is 4.98 Å².